The van der Waals surface area contributed by atoms with E-state index in [-0.39, 0.29) is 11.5 Å². The van der Waals surface area contributed by atoms with Crippen LogP contribution in [-0.2, 0) is 9.59 Å². The molecule has 2 aromatic rings. The molecule has 0 aromatic heterocycles. The average Bonchev–Trinajstić information content (AvgIpc) is 2.54. The van der Waals surface area contributed by atoms with Crippen LogP contribution in [-0.4, -0.2) is 26.2 Å². The first-order valence-corrected chi connectivity index (χ1v) is 7.33. The fourth-order valence-corrected chi connectivity index (χ4v) is 2.05. The van der Waals surface area contributed by atoms with Gasteiger partial charge in [0.25, 0.3) is 0 Å². The van der Waals surface area contributed by atoms with Crippen molar-refractivity contribution in [3.05, 3.63) is 36.4 Å². The van der Waals surface area contributed by atoms with Gasteiger partial charge in [-0.1, -0.05) is 0 Å². The molecule has 0 N–H and O–H groups in total. The van der Waals surface area contributed by atoms with E-state index < -0.39 is 11.9 Å². The molecular weight excluding hydrogens is 328 g/mol. The molecule has 0 unspecified atom stereocenters. The zero-order valence-electron chi connectivity index (χ0n) is 14.3. The van der Waals surface area contributed by atoms with E-state index in [1.54, 1.807) is 24.3 Å². The van der Waals surface area contributed by atoms with Crippen LogP contribution in [0.5, 0.6) is 34.5 Å². The number of hydrogen-bond donors (Lipinski definition) is 0. The van der Waals surface area contributed by atoms with Gasteiger partial charge in [-0.05, 0) is 24.3 Å². The summed E-state index contributed by atoms with van der Waals surface area (Å²) in [5.41, 5.74) is 0. The maximum absolute atomic E-state index is 11.2. The molecule has 0 fully saturated rings. The van der Waals surface area contributed by atoms with E-state index >= 15 is 0 Å². The Morgan fingerprint density at radius 1 is 0.680 bits per heavy atom. The van der Waals surface area contributed by atoms with Crippen LogP contribution in [0.1, 0.15) is 13.8 Å². The van der Waals surface area contributed by atoms with Gasteiger partial charge in [0.2, 0.25) is 0 Å². The molecule has 0 atom stereocenters. The van der Waals surface area contributed by atoms with E-state index in [4.69, 9.17) is 23.7 Å². The topological polar surface area (TPSA) is 80.3 Å². The minimum Gasteiger partial charge on any atom is -0.493 e. The molecule has 0 radical (unpaired) electrons. The predicted octanol–water partition coefficient (Wildman–Crippen LogP) is 3.35. The number of benzene rings is 2. The van der Waals surface area contributed by atoms with Crippen molar-refractivity contribution in [3.63, 3.8) is 0 Å². The zero-order chi connectivity index (χ0) is 18.4. The van der Waals surface area contributed by atoms with Gasteiger partial charge < -0.3 is 23.7 Å². The van der Waals surface area contributed by atoms with Crippen molar-refractivity contribution < 1.29 is 33.3 Å². The maximum Gasteiger partial charge on any atom is 0.308 e. The Bertz CT molecular complexity index is 717. The highest BCUT2D eigenvalue weighted by Crippen LogP contribution is 2.36. The third-order valence-corrected chi connectivity index (χ3v) is 3.01. The van der Waals surface area contributed by atoms with E-state index in [0.29, 0.717) is 23.0 Å². The zero-order valence-corrected chi connectivity index (χ0v) is 14.3. The Kier molecular flexibility index (Phi) is 5.84. The molecule has 0 aliphatic carbocycles. The highest BCUT2D eigenvalue weighted by atomic mass is 16.6. The molecule has 0 bridgehead atoms. The first-order valence-electron chi connectivity index (χ1n) is 7.33. The smallest absolute Gasteiger partial charge is 0.308 e. The lowest BCUT2D eigenvalue weighted by Crippen LogP contribution is -2.04. The Morgan fingerprint density at radius 2 is 1.08 bits per heavy atom. The quantitative estimate of drug-likeness (QED) is 0.586. The largest absolute Gasteiger partial charge is 0.493 e. The van der Waals surface area contributed by atoms with Crippen molar-refractivity contribution in [2.24, 2.45) is 0 Å². The van der Waals surface area contributed by atoms with Crippen LogP contribution in [0.15, 0.2) is 36.4 Å². The van der Waals surface area contributed by atoms with Crippen LogP contribution < -0.4 is 23.7 Å². The summed E-state index contributed by atoms with van der Waals surface area (Å²) < 4.78 is 26.2. The molecule has 2 aromatic carbocycles. The van der Waals surface area contributed by atoms with Crippen molar-refractivity contribution >= 4 is 11.9 Å². The number of carbonyl (C=O) groups is 2. The molecule has 7 heteroatoms. The number of carbonyl (C=O) groups excluding carboxylic acids is 2. The number of ether oxygens (including phenoxy) is 5. The fraction of sp³-hybridized carbons (Fsp3) is 0.222. The molecule has 0 saturated heterocycles. The fourth-order valence-electron chi connectivity index (χ4n) is 2.05. The molecule has 0 amide bonds. The van der Waals surface area contributed by atoms with Gasteiger partial charge in [0.1, 0.15) is 11.5 Å². The van der Waals surface area contributed by atoms with E-state index in [9.17, 15) is 9.59 Å². The molecule has 0 saturated carbocycles. The SMILES string of the molecule is COc1ccc(Oc2ccc(OC)c(OC(C)=O)c2)cc1OC(C)=O. The lowest BCUT2D eigenvalue weighted by molar-refractivity contribution is -0.132. The molecule has 132 valence electrons. The first-order chi connectivity index (χ1) is 11.9. The summed E-state index contributed by atoms with van der Waals surface area (Å²) in [6.45, 7) is 2.59. The first kappa shape index (κ1) is 18.1. The number of rotatable bonds is 6. The Balaban J connectivity index is 2.29. The third-order valence-electron chi connectivity index (χ3n) is 3.01. The van der Waals surface area contributed by atoms with Crippen molar-refractivity contribution in [1.29, 1.82) is 0 Å². The van der Waals surface area contributed by atoms with Crippen LogP contribution in [0, 0.1) is 0 Å². The lowest BCUT2D eigenvalue weighted by Gasteiger charge is -2.13. The predicted molar refractivity (Wildman–Crippen MR) is 88.7 cm³/mol. The number of esters is 2. The summed E-state index contributed by atoms with van der Waals surface area (Å²) in [5.74, 6) is 1.15. The van der Waals surface area contributed by atoms with Crippen LogP contribution >= 0.6 is 0 Å². The second-order valence-electron chi connectivity index (χ2n) is 4.91. The van der Waals surface area contributed by atoms with Gasteiger partial charge >= 0.3 is 11.9 Å². The Hall–Kier alpha value is -3.22. The van der Waals surface area contributed by atoms with Crippen LogP contribution in [0.25, 0.3) is 0 Å². The third kappa shape index (κ3) is 4.87. The highest BCUT2D eigenvalue weighted by Gasteiger charge is 2.12. The van der Waals surface area contributed by atoms with Crippen LogP contribution in [0.4, 0.5) is 0 Å². The molecule has 2 rings (SSSR count). The van der Waals surface area contributed by atoms with Crippen LogP contribution in [0.2, 0.25) is 0 Å². The number of hydrogen-bond acceptors (Lipinski definition) is 7. The van der Waals surface area contributed by atoms with Crippen molar-refractivity contribution in [1.82, 2.24) is 0 Å². The average molecular weight is 346 g/mol. The lowest BCUT2D eigenvalue weighted by atomic mass is 10.2. The Labute approximate surface area is 145 Å². The van der Waals surface area contributed by atoms with Gasteiger partial charge in [-0.3, -0.25) is 9.59 Å². The summed E-state index contributed by atoms with van der Waals surface area (Å²) in [4.78, 5) is 22.4. The van der Waals surface area contributed by atoms with Gasteiger partial charge in [0.15, 0.2) is 23.0 Å². The van der Waals surface area contributed by atoms with E-state index in [0.717, 1.165) is 0 Å². The summed E-state index contributed by atoms with van der Waals surface area (Å²) >= 11 is 0. The molecule has 0 spiro atoms. The van der Waals surface area contributed by atoms with E-state index in [1.165, 1.54) is 40.2 Å². The van der Waals surface area contributed by atoms with Gasteiger partial charge in [-0.25, -0.2) is 0 Å². The molecule has 0 heterocycles. The summed E-state index contributed by atoms with van der Waals surface area (Å²) in [6, 6.07) is 9.59. The van der Waals surface area contributed by atoms with E-state index in [2.05, 4.69) is 0 Å². The van der Waals surface area contributed by atoms with Crippen molar-refractivity contribution in [2.75, 3.05) is 14.2 Å². The van der Waals surface area contributed by atoms with Gasteiger partial charge in [0, 0.05) is 26.0 Å². The maximum atomic E-state index is 11.2. The van der Waals surface area contributed by atoms with Crippen molar-refractivity contribution in [3.8, 4) is 34.5 Å². The minimum absolute atomic E-state index is 0.237. The van der Waals surface area contributed by atoms with Crippen molar-refractivity contribution in [2.45, 2.75) is 13.8 Å². The standard InChI is InChI=1S/C18H18O7/c1-11(19)23-17-9-13(5-7-15(17)21-3)25-14-6-8-16(22-4)18(10-14)24-12(2)20/h5-10H,1-4H3. The second kappa shape index (κ2) is 8.05. The second-order valence-corrected chi connectivity index (χ2v) is 4.91. The molecule has 25 heavy (non-hydrogen) atoms. The summed E-state index contributed by atoms with van der Waals surface area (Å²) in [5, 5.41) is 0. The van der Waals surface area contributed by atoms with Crippen LogP contribution in [0.3, 0.4) is 0 Å². The van der Waals surface area contributed by atoms with Gasteiger partial charge in [-0.15, -0.1) is 0 Å². The van der Waals surface area contributed by atoms with E-state index in [1.807, 2.05) is 0 Å². The van der Waals surface area contributed by atoms with Gasteiger partial charge in [-0.2, -0.15) is 0 Å². The molecule has 0 aliphatic heterocycles. The number of methoxy groups -OCH3 is 2. The molecule has 0 aliphatic rings. The molecule has 7 nitrogen and oxygen atoms in total. The van der Waals surface area contributed by atoms with Gasteiger partial charge in [0.05, 0.1) is 14.2 Å². The summed E-state index contributed by atoms with van der Waals surface area (Å²) in [6.07, 6.45) is 0. The normalized spacial score (nSPS) is 9.92. The molecular formula is C18H18O7. The minimum atomic E-state index is -0.475. The Morgan fingerprint density at radius 3 is 1.40 bits per heavy atom. The highest BCUT2D eigenvalue weighted by molar-refractivity contribution is 5.71. The monoisotopic (exact) mass is 346 g/mol. The summed E-state index contributed by atoms with van der Waals surface area (Å²) in [7, 11) is 2.94.